The Balaban J connectivity index is 2.12. The third-order valence-corrected chi connectivity index (χ3v) is 4.16. The van der Waals surface area contributed by atoms with E-state index in [0.29, 0.717) is 17.9 Å². The number of ether oxygens (including phenoxy) is 1. The van der Waals surface area contributed by atoms with Gasteiger partial charge in [0.05, 0.1) is 18.5 Å². The molecular weight excluding hydrogens is 292 g/mol. The lowest BCUT2D eigenvalue weighted by Gasteiger charge is -2.16. The molecule has 5 heteroatoms. The van der Waals surface area contributed by atoms with Gasteiger partial charge in [-0.05, 0) is 57.2 Å². The summed E-state index contributed by atoms with van der Waals surface area (Å²) in [5.74, 6) is 0.204. The molecule has 0 spiro atoms. The molecule has 5 nitrogen and oxygen atoms in total. The fourth-order valence-electron chi connectivity index (χ4n) is 2.84. The largest absolute Gasteiger partial charge is 0.466 e. The molecule has 1 fully saturated rings. The van der Waals surface area contributed by atoms with Crippen molar-refractivity contribution in [2.24, 2.45) is 0 Å². The monoisotopic (exact) mass is 314 g/mol. The minimum absolute atomic E-state index is 0.0836. The van der Waals surface area contributed by atoms with Crippen molar-refractivity contribution in [2.45, 2.75) is 52.0 Å². The second-order valence-electron chi connectivity index (χ2n) is 6.35. The van der Waals surface area contributed by atoms with E-state index in [4.69, 9.17) is 4.74 Å². The van der Waals surface area contributed by atoms with E-state index in [1.807, 2.05) is 30.7 Å². The van der Waals surface area contributed by atoms with E-state index < -0.39 is 5.97 Å². The van der Waals surface area contributed by atoms with E-state index in [2.05, 4.69) is 11.2 Å². The maximum atomic E-state index is 12.7. The Morgan fingerprint density at radius 2 is 2.13 bits per heavy atom. The highest BCUT2D eigenvalue weighted by Gasteiger charge is 2.25. The summed E-state index contributed by atoms with van der Waals surface area (Å²) in [7, 11) is 0. The van der Waals surface area contributed by atoms with Gasteiger partial charge in [0.2, 0.25) is 5.43 Å². The molecule has 0 bridgehead atoms. The first-order valence-electron chi connectivity index (χ1n) is 8.22. The topological polar surface area (TPSA) is 61.2 Å². The number of carbonyl (C=O) groups is 1. The number of hydrogen-bond acceptors (Lipinski definition) is 4. The summed E-state index contributed by atoms with van der Waals surface area (Å²) in [5, 5.41) is 5.07. The van der Waals surface area contributed by atoms with Crippen molar-refractivity contribution in [3.05, 3.63) is 39.7 Å². The van der Waals surface area contributed by atoms with Gasteiger partial charge in [0, 0.05) is 11.4 Å². The molecule has 0 saturated heterocycles. The van der Waals surface area contributed by atoms with Gasteiger partial charge >= 0.3 is 5.97 Å². The van der Waals surface area contributed by atoms with Crippen molar-refractivity contribution in [1.29, 1.82) is 0 Å². The number of hydrogen-bond donors (Lipinski definition) is 0. The molecule has 1 aliphatic rings. The van der Waals surface area contributed by atoms with Crippen LogP contribution >= 0.6 is 0 Å². The Hall–Kier alpha value is -2.17. The molecule has 1 aromatic heterocycles. The first-order chi connectivity index (χ1) is 11.0. The van der Waals surface area contributed by atoms with Gasteiger partial charge in [-0.3, -0.25) is 14.3 Å². The Kier molecular flexibility index (Phi) is 4.20. The number of carbonyl (C=O) groups excluding carboxylic acids is 1. The summed E-state index contributed by atoms with van der Waals surface area (Å²) in [4.78, 5) is 24.4. The molecule has 2 aromatic rings. The number of aromatic nitrogens is 2. The number of benzene rings is 1. The summed E-state index contributed by atoms with van der Waals surface area (Å²) in [6.07, 6.45) is 2.34. The molecule has 0 N–H and O–H groups in total. The predicted octanol–water partition coefficient (Wildman–Crippen LogP) is 2.96. The molecule has 3 rings (SSSR count). The van der Waals surface area contributed by atoms with Crippen LogP contribution in [0.2, 0.25) is 0 Å². The van der Waals surface area contributed by atoms with Crippen LogP contribution in [0.1, 0.15) is 56.8 Å². The summed E-state index contributed by atoms with van der Waals surface area (Å²) < 4.78 is 6.79. The van der Waals surface area contributed by atoms with Gasteiger partial charge in [0.1, 0.15) is 5.69 Å². The van der Waals surface area contributed by atoms with Crippen LogP contribution in [-0.4, -0.2) is 22.4 Å². The van der Waals surface area contributed by atoms with Crippen molar-refractivity contribution < 1.29 is 9.53 Å². The van der Waals surface area contributed by atoms with Gasteiger partial charge in [-0.15, -0.1) is 0 Å². The molecule has 0 amide bonds. The average molecular weight is 314 g/mol. The summed E-state index contributed by atoms with van der Waals surface area (Å²) >= 11 is 0. The number of nitrogens with zero attached hydrogens (tertiary/aromatic N) is 2. The highest BCUT2D eigenvalue weighted by molar-refractivity contribution is 5.81. The fraction of sp³-hybridized carbons (Fsp3) is 0.500. The molecule has 0 radical (unpaired) electrons. The first-order valence-corrected chi connectivity index (χ1v) is 8.22. The molecule has 122 valence electrons. The van der Waals surface area contributed by atoms with Crippen LogP contribution in [0, 0.1) is 0 Å². The van der Waals surface area contributed by atoms with E-state index in [9.17, 15) is 9.59 Å². The maximum absolute atomic E-state index is 12.7. The minimum atomic E-state index is -0.415. The van der Waals surface area contributed by atoms with E-state index in [1.165, 1.54) is 18.4 Å². The Labute approximate surface area is 135 Å². The first kappa shape index (κ1) is 15.7. The summed E-state index contributed by atoms with van der Waals surface area (Å²) in [6, 6.07) is 6.09. The molecule has 1 aliphatic carbocycles. The highest BCUT2D eigenvalue weighted by atomic mass is 16.5. The Morgan fingerprint density at radius 1 is 1.39 bits per heavy atom. The molecular formula is C18H22N2O3. The van der Waals surface area contributed by atoms with Crippen LogP contribution in [0.25, 0.3) is 10.9 Å². The van der Waals surface area contributed by atoms with E-state index >= 15 is 0 Å². The molecule has 0 atom stereocenters. The zero-order chi connectivity index (χ0) is 16.6. The van der Waals surface area contributed by atoms with E-state index in [1.54, 1.807) is 6.92 Å². The second-order valence-corrected chi connectivity index (χ2v) is 6.35. The normalized spacial score (nSPS) is 14.4. The Morgan fingerprint density at radius 3 is 2.74 bits per heavy atom. The molecule has 23 heavy (non-hydrogen) atoms. The second kappa shape index (κ2) is 6.14. The van der Waals surface area contributed by atoms with Crippen molar-refractivity contribution in [1.82, 2.24) is 9.78 Å². The third-order valence-electron chi connectivity index (χ3n) is 4.16. The SMILES string of the molecule is CCOC(=O)Cc1nn(C(C)C)c2cc(C3CC3)ccc2c1=O. The molecule has 1 aromatic carbocycles. The number of fused-ring (bicyclic) bond motifs is 1. The average Bonchev–Trinajstić information content (AvgIpc) is 3.34. The zero-order valence-electron chi connectivity index (χ0n) is 13.8. The summed E-state index contributed by atoms with van der Waals surface area (Å²) in [6.45, 7) is 6.09. The van der Waals surface area contributed by atoms with Crippen LogP contribution in [0.3, 0.4) is 0 Å². The smallest absolute Gasteiger partial charge is 0.312 e. The standard InChI is InChI=1S/C18H22N2O3/c1-4-23-17(21)10-15-18(22)14-8-7-13(12-5-6-12)9-16(14)20(19-15)11(2)3/h7-9,11-12H,4-6,10H2,1-3H3. The number of esters is 1. The lowest BCUT2D eigenvalue weighted by molar-refractivity contribution is -0.142. The van der Waals surface area contributed by atoms with Crippen molar-refractivity contribution >= 4 is 16.9 Å². The molecule has 0 unspecified atom stereocenters. The Bertz CT molecular complexity index is 804. The van der Waals surface area contributed by atoms with Gasteiger partial charge in [-0.2, -0.15) is 5.10 Å². The fourth-order valence-corrected chi connectivity index (χ4v) is 2.84. The van der Waals surface area contributed by atoms with Crippen molar-refractivity contribution in [3.8, 4) is 0 Å². The molecule has 0 aliphatic heterocycles. The lowest BCUT2D eigenvalue weighted by atomic mass is 10.1. The van der Waals surface area contributed by atoms with E-state index in [-0.39, 0.29) is 23.6 Å². The third kappa shape index (κ3) is 3.14. The minimum Gasteiger partial charge on any atom is -0.466 e. The molecule has 1 saturated carbocycles. The van der Waals surface area contributed by atoms with Gasteiger partial charge in [-0.1, -0.05) is 6.07 Å². The number of rotatable bonds is 5. The van der Waals surface area contributed by atoms with E-state index in [0.717, 1.165) is 5.52 Å². The van der Waals surface area contributed by atoms with Crippen LogP contribution < -0.4 is 5.43 Å². The lowest BCUT2D eigenvalue weighted by Crippen LogP contribution is -2.23. The van der Waals surface area contributed by atoms with Crippen molar-refractivity contribution in [3.63, 3.8) is 0 Å². The maximum Gasteiger partial charge on any atom is 0.312 e. The quantitative estimate of drug-likeness (QED) is 0.796. The summed E-state index contributed by atoms with van der Waals surface area (Å²) in [5.41, 5.74) is 2.20. The van der Waals surface area contributed by atoms with Crippen LogP contribution in [-0.2, 0) is 16.0 Å². The highest BCUT2D eigenvalue weighted by Crippen LogP contribution is 2.40. The van der Waals surface area contributed by atoms with Crippen molar-refractivity contribution in [2.75, 3.05) is 6.61 Å². The van der Waals surface area contributed by atoms with Crippen LogP contribution in [0.4, 0.5) is 0 Å². The van der Waals surface area contributed by atoms with Gasteiger partial charge in [0.25, 0.3) is 0 Å². The van der Waals surface area contributed by atoms with Gasteiger partial charge in [0.15, 0.2) is 0 Å². The van der Waals surface area contributed by atoms with Gasteiger partial charge in [-0.25, -0.2) is 0 Å². The molecule has 1 heterocycles. The van der Waals surface area contributed by atoms with Gasteiger partial charge < -0.3 is 4.74 Å². The van der Waals surface area contributed by atoms with Crippen LogP contribution in [0.15, 0.2) is 23.0 Å². The zero-order valence-corrected chi connectivity index (χ0v) is 13.8. The predicted molar refractivity (Wildman–Crippen MR) is 88.7 cm³/mol. The van der Waals surface area contributed by atoms with Crippen LogP contribution in [0.5, 0.6) is 0 Å².